The van der Waals surface area contributed by atoms with Crippen LogP contribution in [0.5, 0.6) is 0 Å². The van der Waals surface area contributed by atoms with Crippen molar-refractivity contribution in [2.45, 2.75) is 24.8 Å². The van der Waals surface area contributed by atoms with Gasteiger partial charge in [0.1, 0.15) is 5.82 Å². The van der Waals surface area contributed by atoms with Gasteiger partial charge in [0.25, 0.3) is 0 Å². The SMILES string of the molecule is CNC1(Cc2ccc(Cl)cc2F)CC1. The number of likely N-dealkylation sites (N-methyl/N-ethyl adjacent to an activating group) is 1. The van der Waals surface area contributed by atoms with Crippen LogP contribution in [0.2, 0.25) is 5.02 Å². The summed E-state index contributed by atoms with van der Waals surface area (Å²) in [5.74, 6) is -0.195. The van der Waals surface area contributed by atoms with Crippen molar-refractivity contribution in [1.82, 2.24) is 5.32 Å². The minimum atomic E-state index is -0.195. The number of hydrogen-bond donors (Lipinski definition) is 1. The lowest BCUT2D eigenvalue weighted by Crippen LogP contribution is -2.29. The van der Waals surface area contributed by atoms with Crippen LogP contribution in [0.1, 0.15) is 18.4 Å². The molecule has 0 bridgehead atoms. The molecule has 14 heavy (non-hydrogen) atoms. The number of benzene rings is 1. The Labute approximate surface area is 88.3 Å². The normalized spacial score (nSPS) is 18.2. The van der Waals surface area contributed by atoms with Crippen LogP contribution < -0.4 is 5.32 Å². The summed E-state index contributed by atoms with van der Waals surface area (Å²) in [6, 6.07) is 4.89. The first-order chi connectivity index (χ1) is 6.65. The van der Waals surface area contributed by atoms with Gasteiger partial charge in [-0.15, -0.1) is 0 Å². The highest BCUT2D eigenvalue weighted by molar-refractivity contribution is 6.30. The van der Waals surface area contributed by atoms with Gasteiger partial charge in [0, 0.05) is 10.6 Å². The zero-order valence-electron chi connectivity index (χ0n) is 8.11. The number of hydrogen-bond acceptors (Lipinski definition) is 1. The maximum Gasteiger partial charge on any atom is 0.127 e. The molecular weight excluding hydrogens is 201 g/mol. The van der Waals surface area contributed by atoms with Gasteiger partial charge in [-0.25, -0.2) is 4.39 Å². The highest BCUT2D eigenvalue weighted by Crippen LogP contribution is 2.38. The second-order valence-electron chi connectivity index (χ2n) is 3.94. The number of halogens is 2. The van der Waals surface area contributed by atoms with E-state index in [4.69, 9.17) is 11.6 Å². The maximum absolute atomic E-state index is 13.4. The van der Waals surface area contributed by atoms with Crippen molar-refractivity contribution in [2.24, 2.45) is 0 Å². The molecule has 1 aliphatic carbocycles. The Kier molecular flexibility index (Phi) is 2.50. The van der Waals surface area contributed by atoms with E-state index in [0.29, 0.717) is 5.02 Å². The van der Waals surface area contributed by atoms with E-state index in [-0.39, 0.29) is 11.4 Å². The third-order valence-electron chi connectivity index (χ3n) is 2.93. The monoisotopic (exact) mass is 213 g/mol. The predicted octanol–water partition coefficient (Wildman–Crippen LogP) is 2.77. The van der Waals surface area contributed by atoms with Crippen molar-refractivity contribution < 1.29 is 4.39 Å². The molecule has 1 saturated carbocycles. The van der Waals surface area contributed by atoms with Gasteiger partial charge in [0.15, 0.2) is 0 Å². The van der Waals surface area contributed by atoms with Crippen LogP contribution >= 0.6 is 11.6 Å². The average molecular weight is 214 g/mol. The van der Waals surface area contributed by atoms with E-state index in [9.17, 15) is 4.39 Å². The molecule has 0 atom stereocenters. The van der Waals surface area contributed by atoms with Crippen LogP contribution in [0.25, 0.3) is 0 Å². The van der Waals surface area contributed by atoms with Crippen molar-refractivity contribution in [3.05, 3.63) is 34.6 Å². The molecule has 0 radical (unpaired) electrons. The molecule has 3 heteroatoms. The van der Waals surface area contributed by atoms with Crippen LogP contribution in [0.15, 0.2) is 18.2 Å². The minimum Gasteiger partial charge on any atom is -0.314 e. The van der Waals surface area contributed by atoms with Crippen LogP contribution in [-0.2, 0) is 6.42 Å². The Hall–Kier alpha value is -0.600. The van der Waals surface area contributed by atoms with Gasteiger partial charge in [0.2, 0.25) is 0 Å². The molecule has 1 aromatic carbocycles. The van der Waals surface area contributed by atoms with E-state index in [1.165, 1.54) is 6.07 Å². The molecule has 1 nitrogen and oxygen atoms in total. The summed E-state index contributed by atoms with van der Waals surface area (Å²) in [5, 5.41) is 3.70. The molecule has 0 unspecified atom stereocenters. The van der Waals surface area contributed by atoms with Gasteiger partial charge in [-0.2, -0.15) is 0 Å². The van der Waals surface area contributed by atoms with Crippen molar-refractivity contribution in [3.8, 4) is 0 Å². The zero-order chi connectivity index (χ0) is 10.2. The Balaban J connectivity index is 2.17. The first kappa shape index (κ1) is 9.94. The topological polar surface area (TPSA) is 12.0 Å². The Morgan fingerprint density at radius 3 is 2.71 bits per heavy atom. The lowest BCUT2D eigenvalue weighted by atomic mass is 10.0. The van der Waals surface area contributed by atoms with Gasteiger partial charge in [0.05, 0.1) is 0 Å². The molecule has 0 saturated heterocycles. The fraction of sp³-hybridized carbons (Fsp3) is 0.455. The lowest BCUT2D eigenvalue weighted by molar-refractivity contribution is 0.524. The van der Waals surface area contributed by atoms with Crippen molar-refractivity contribution in [3.63, 3.8) is 0 Å². The summed E-state index contributed by atoms with van der Waals surface area (Å²) in [6.45, 7) is 0. The first-order valence-electron chi connectivity index (χ1n) is 4.78. The molecule has 76 valence electrons. The van der Waals surface area contributed by atoms with Crippen molar-refractivity contribution >= 4 is 11.6 Å². The summed E-state index contributed by atoms with van der Waals surface area (Å²) < 4.78 is 13.4. The molecule has 0 aromatic heterocycles. The molecule has 0 aliphatic heterocycles. The molecule has 0 amide bonds. The van der Waals surface area contributed by atoms with E-state index in [2.05, 4.69) is 5.32 Å². The second kappa shape index (κ2) is 3.52. The van der Waals surface area contributed by atoms with Gasteiger partial charge in [-0.1, -0.05) is 17.7 Å². The Bertz CT molecular complexity index is 347. The van der Waals surface area contributed by atoms with E-state index in [1.807, 2.05) is 7.05 Å². The van der Waals surface area contributed by atoms with E-state index in [0.717, 1.165) is 24.8 Å². The molecule has 0 heterocycles. The van der Waals surface area contributed by atoms with Crippen molar-refractivity contribution in [2.75, 3.05) is 7.05 Å². The molecule has 1 aromatic rings. The smallest absolute Gasteiger partial charge is 0.127 e. The fourth-order valence-electron chi connectivity index (χ4n) is 1.70. The molecule has 1 aliphatic rings. The van der Waals surface area contributed by atoms with Gasteiger partial charge >= 0.3 is 0 Å². The highest BCUT2D eigenvalue weighted by Gasteiger charge is 2.41. The maximum atomic E-state index is 13.4. The van der Waals surface area contributed by atoms with Crippen LogP contribution in [0, 0.1) is 5.82 Å². The van der Waals surface area contributed by atoms with Gasteiger partial charge in [-0.05, 0) is 44.0 Å². The number of nitrogens with one attached hydrogen (secondary N) is 1. The standard InChI is InChI=1S/C11H13ClFN/c1-14-11(4-5-11)7-8-2-3-9(12)6-10(8)13/h2-3,6,14H,4-5,7H2,1H3. The van der Waals surface area contributed by atoms with Gasteiger partial charge < -0.3 is 5.32 Å². The third-order valence-corrected chi connectivity index (χ3v) is 3.16. The predicted molar refractivity (Wildman–Crippen MR) is 56.1 cm³/mol. The summed E-state index contributed by atoms with van der Waals surface area (Å²) in [5.41, 5.74) is 0.899. The van der Waals surface area contributed by atoms with Crippen LogP contribution in [0.3, 0.4) is 0 Å². The van der Waals surface area contributed by atoms with E-state index >= 15 is 0 Å². The van der Waals surface area contributed by atoms with Crippen LogP contribution in [-0.4, -0.2) is 12.6 Å². The lowest BCUT2D eigenvalue weighted by Gasteiger charge is -2.14. The summed E-state index contributed by atoms with van der Waals surface area (Å²) in [6.07, 6.45) is 3.02. The third kappa shape index (κ3) is 1.91. The average Bonchev–Trinajstić information content (AvgIpc) is 2.91. The largest absolute Gasteiger partial charge is 0.314 e. The first-order valence-corrected chi connectivity index (χ1v) is 5.16. The zero-order valence-corrected chi connectivity index (χ0v) is 8.87. The fourth-order valence-corrected chi connectivity index (χ4v) is 1.85. The highest BCUT2D eigenvalue weighted by atomic mass is 35.5. The summed E-state index contributed by atoms with van der Waals surface area (Å²) in [4.78, 5) is 0. The molecule has 1 fully saturated rings. The Morgan fingerprint density at radius 1 is 1.50 bits per heavy atom. The van der Waals surface area contributed by atoms with E-state index < -0.39 is 0 Å². The minimum absolute atomic E-state index is 0.147. The van der Waals surface area contributed by atoms with E-state index in [1.54, 1.807) is 12.1 Å². The number of rotatable bonds is 3. The quantitative estimate of drug-likeness (QED) is 0.814. The molecule has 2 rings (SSSR count). The van der Waals surface area contributed by atoms with Gasteiger partial charge in [-0.3, -0.25) is 0 Å². The second-order valence-corrected chi connectivity index (χ2v) is 4.38. The molecule has 1 N–H and O–H groups in total. The molecular formula is C11H13ClFN. The van der Waals surface area contributed by atoms with Crippen LogP contribution in [0.4, 0.5) is 4.39 Å². The molecule has 0 spiro atoms. The summed E-state index contributed by atoms with van der Waals surface area (Å²) >= 11 is 5.68. The Morgan fingerprint density at radius 2 is 2.21 bits per heavy atom. The van der Waals surface area contributed by atoms with Crippen molar-refractivity contribution in [1.29, 1.82) is 0 Å². The summed E-state index contributed by atoms with van der Waals surface area (Å²) in [7, 11) is 1.93.